The van der Waals surface area contributed by atoms with Gasteiger partial charge in [0.25, 0.3) is 0 Å². The van der Waals surface area contributed by atoms with Crippen LogP contribution in [-0.4, -0.2) is 71.2 Å². The average Bonchev–Trinajstić information content (AvgIpc) is 3.89. The fraction of sp³-hybridized carbons (Fsp3) is 0.324. The SMILES string of the molecule is O=Cc1cn(CC2CC2)nn1.OCc1cc(F)ccc1-n1ccc(Cl)n1.OCc1cc(F)ccc1-n1nc(Cl)cc1C(O)c1cn(CC2CC2)nn1. The van der Waals surface area contributed by atoms with Gasteiger partial charge in [0.05, 0.1) is 42.7 Å². The van der Waals surface area contributed by atoms with Crippen molar-refractivity contribution in [2.24, 2.45) is 11.8 Å². The highest BCUT2D eigenvalue weighted by molar-refractivity contribution is 6.29. The molecule has 1 unspecified atom stereocenters. The van der Waals surface area contributed by atoms with E-state index in [-0.39, 0.29) is 24.2 Å². The lowest BCUT2D eigenvalue weighted by Crippen LogP contribution is -2.11. The summed E-state index contributed by atoms with van der Waals surface area (Å²) in [6, 6.07) is 11.2. The number of aldehydes is 1. The van der Waals surface area contributed by atoms with Crippen molar-refractivity contribution in [1.29, 1.82) is 0 Å². The van der Waals surface area contributed by atoms with Gasteiger partial charge in [-0.05, 0) is 80.0 Å². The Balaban J connectivity index is 0.000000150. The number of carbonyl (C=O) groups excluding carboxylic acids is 1. The van der Waals surface area contributed by atoms with Crippen LogP contribution in [0.15, 0.2) is 67.1 Å². The van der Waals surface area contributed by atoms with Crippen LogP contribution < -0.4 is 0 Å². The Morgan fingerprint density at radius 1 is 0.788 bits per heavy atom. The molecule has 0 aliphatic heterocycles. The van der Waals surface area contributed by atoms with E-state index in [4.69, 9.17) is 28.3 Å². The Bertz CT molecular complexity index is 2130. The number of benzene rings is 2. The van der Waals surface area contributed by atoms with Gasteiger partial charge in [0.1, 0.15) is 29.1 Å². The van der Waals surface area contributed by atoms with Crippen LogP contribution in [0.4, 0.5) is 8.78 Å². The average molecular weight is 756 g/mol. The summed E-state index contributed by atoms with van der Waals surface area (Å²) < 4.78 is 32.7. The van der Waals surface area contributed by atoms with Crippen molar-refractivity contribution >= 4 is 29.5 Å². The van der Waals surface area contributed by atoms with Crippen molar-refractivity contribution in [2.45, 2.75) is 58.1 Å². The Kier molecular flexibility index (Phi) is 11.8. The highest BCUT2D eigenvalue weighted by atomic mass is 35.5. The van der Waals surface area contributed by atoms with Crippen molar-refractivity contribution in [1.82, 2.24) is 49.5 Å². The first-order valence-corrected chi connectivity index (χ1v) is 17.1. The van der Waals surface area contributed by atoms with E-state index in [0.29, 0.717) is 50.7 Å². The highest BCUT2D eigenvalue weighted by Gasteiger charge is 2.26. The molecule has 2 fully saturated rings. The zero-order valence-electron chi connectivity index (χ0n) is 27.6. The maximum Gasteiger partial charge on any atom is 0.171 e. The molecule has 2 saturated carbocycles. The zero-order chi connectivity index (χ0) is 36.8. The lowest BCUT2D eigenvalue weighted by molar-refractivity contribution is 0.111. The fourth-order valence-electron chi connectivity index (χ4n) is 5.25. The van der Waals surface area contributed by atoms with Crippen LogP contribution in [0.1, 0.15) is 64.8 Å². The van der Waals surface area contributed by atoms with Crippen LogP contribution in [-0.2, 0) is 26.3 Å². The molecule has 4 aromatic heterocycles. The minimum absolute atomic E-state index is 0.164. The third-order valence-electron chi connectivity index (χ3n) is 8.24. The third-order valence-corrected chi connectivity index (χ3v) is 8.63. The molecule has 3 N–H and O–H groups in total. The number of carbonyl (C=O) groups is 1. The van der Waals surface area contributed by atoms with E-state index in [1.807, 2.05) is 0 Å². The second kappa shape index (κ2) is 16.6. The molecule has 4 heterocycles. The summed E-state index contributed by atoms with van der Waals surface area (Å²) in [6.45, 7) is 1.08. The molecule has 52 heavy (non-hydrogen) atoms. The second-order valence-corrected chi connectivity index (χ2v) is 13.2. The molecule has 14 nitrogen and oxygen atoms in total. The molecule has 0 bridgehead atoms. The molecule has 0 spiro atoms. The van der Waals surface area contributed by atoms with E-state index in [9.17, 15) is 23.8 Å². The number of hydrogen-bond acceptors (Lipinski definition) is 10. The van der Waals surface area contributed by atoms with Gasteiger partial charge in [0.15, 0.2) is 16.6 Å². The number of aliphatic hydroxyl groups is 3. The largest absolute Gasteiger partial charge is 0.392 e. The molecule has 0 amide bonds. The van der Waals surface area contributed by atoms with Gasteiger partial charge in [-0.3, -0.25) is 14.2 Å². The lowest BCUT2D eigenvalue weighted by atomic mass is 10.1. The number of halogens is 4. The van der Waals surface area contributed by atoms with Crippen LogP contribution in [0.3, 0.4) is 0 Å². The predicted molar refractivity (Wildman–Crippen MR) is 184 cm³/mol. The van der Waals surface area contributed by atoms with Gasteiger partial charge in [0.2, 0.25) is 0 Å². The molecule has 272 valence electrons. The zero-order valence-corrected chi connectivity index (χ0v) is 29.1. The Morgan fingerprint density at radius 2 is 1.38 bits per heavy atom. The van der Waals surface area contributed by atoms with E-state index < -0.39 is 11.9 Å². The molecular formula is C34H34Cl2F2N10O4. The van der Waals surface area contributed by atoms with Crippen LogP contribution in [0.25, 0.3) is 11.4 Å². The van der Waals surface area contributed by atoms with Gasteiger partial charge >= 0.3 is 0 Å². The summed E-state index contributed by atoms with van der Waals surface area (Å²) in [7, 11) is 0. The van der Waals surface area contributed by atoms with Crippen LogP contribution >= 0.6 is 23.2 Å². The van der Waals surface area contributed by atoms with Crippen molar-refractivity contribution < 1.29 is 28.9 Å². The van der Waals surface area contributed by atoms with E-state index in [1.54, 1.807) is 40.1 Å². The summed E-state index contributed by atoms with van der Waals surface area (Å²) in [6.07, 6.45) is 9.59. The standard InChI is InChI=1S/C17H17ClFN5O2.C10H8ClFN2O.C7H9N3O/c18-16-6-15(17(26)13-8-23(22-20-13)7-10-1-2-10)24(21-16)14-4-3-12(19)5-11(14)9-25;11-10-3-4-14(13-10)9-2-1-8(12)5-7(9)6-15;11-5-7-4-10(9-8-7)3-6-1-2-6/h3-6,8,10,17,25-26H,1-2,7,9H2;1-5,15H,6H2;4-6H,1-3H2. The molecule has 6 aromatic rings. The summed E-state index contributed by atoms with van der Waals surface area (Å²) in [4.78, 5) is 10.2. The first kappa shape index (κ1) is 36.9. The number of aliphatic hydroxyl groups excluding tert-OH is 3. The summed E-state index contributed by atoms with van der Waals surface area (Å²) in [5, 5.41) is 53.6. The maximum absolute atomic E-state index is 13.5. The molecule has 0 saturated heterocycles. The van der Waals surface area contributed by atoms with Gasteiger partial charge in [-0.2, -0.15) is 10.2 Å². The van der Waals surface area contributed by atoms with E-state index in [2.05, 4.69) is 30.8 Å². The predicted octanol–water partition coefficient (Wildman–Crippen LogP) is 4.90. The maximum atomic E-state index is 13.5. The quantitative estimate of drug-likeness (QED) is 0.154. The van der Waals surface area contributed by atoms with Gasteiger partial charge in [0, 0.05) is 36.5 Å². The minimum Gasteiger partial charge on any atom is -0.392 e. The lowest BCUT2D eigenvalue weighted by Gasteiger charge is -2.14. The van der Waals surface area contributed by atoms with E-state index >= 15 is 0 Å². The molecule has 2 aliphatic rings. The van der Waals surface area contributed by atoms with Crippen LogP contribution in [0, 0.1) is 23.5 Å². The number of aromatic nitrogens is 10. The van der Waals surface area contributed by atoms with Crippen molar-refractivity contribution in [2.75, 3.05) is 0 Å². The Morgan fingerprint density at radius 3 is 1.94 bits per heavy atom. The molecule has 2 aromatic carbocycles. The molecule has 1 atom stereocenters. The first-order chi connectivity index (χ1) is 25.1. The van der Waals surface area contributed by atoms with Gasteiger partial charge in [-0.15, -0.1) is 10.2 Å². The van der Waals surface area contributed by atoms with Gasteiger partial charge in [-0.25, -0.2) is 18.1 Å². The Labute approximate surface area is 305 Å². The highest BCUT2D eigenvalue weighted by Crippen LogP contribution is 2.32. The normalized spacial score (nSPS) is 14.3. The molecule has 0 radical (unpaired) electrons. The number of hydrogen-bond donors (Lipinski definition) is 3. The topological polar surface area (TPSA) is 175 Å². The number of rotatable bonds is 11. The number of nitrogens with zero attached hydrogens (tertiary/aromatic N) is 10. The Hall–Kier alpha value is -4.87. The first-order valence-electron chi connectivity index (χ1n) is 16.3. The molecule has 8 rings (SSSR count). The minimum atomic E-state index is -1.11. The van der Waals surface area contributed by atoms with Crippen LogP contribution in [0.2, 0.25) is 10.3 Å². The molecule has 2 aliphatic carbocycles. The van der Waals surface area contributed by atoms with Gasteiger partial charge < -0.3 is 15.3 Å². The smallest absolute Gasteiger partial charge is 0.171 e. The van der Waals surface area contributed by atoms with Crippen molar-refractivity contribution in [3.8, 4) is 11.4 Å². The van der Waals surface area contributed by atoms with Crippen LogP contribution in [0.5, 0.6) is 0 Å². The summed E-state index contributed by atoms with van der Waals surface area (Å²) >= 11 is 11.7. The summed E-state index contributed by atoms with van der Waals surface area (Å²) in [5.74, 6) is 0.548. The van der Waals surface area contributed by atoms with E-state index in [1.165, 1.54) is 71.4 Å². The van der Waals surface area contributed by atoms with Gasteiger partial charge in [-0.1, -0.05) is 33.6 Å². The second-order valence-electron chi connectivity index (χ2n) is 12.4. The summed E-state index contributed by atoms with van der Waals surface area (Å²) in [5.41, 5.74) is 2.99. The fourth-order valence-corrected chi connectivity index (χ4v) is 5.57. The van der Waals surface area contributed by atoms with E-state index in [0.717, 1.165) is 25.3 Å². The van der Waals surface area contributed by atoms with Crippen molar-refractivity contribution in [3.63, 3.8) is 0 Å². The van der Waals surface area contributed by atoms with Crippen molar-refractivity contribution in [3.05, 3.63) is 117 Å². The monoisotopic (exact) mass is 754 g/mol. The molecule has 18 heteroatoms. The third kappa shape index (κ3) is 9.51. The molecular weight excluding hydrogens is 721 g/mol.